The molecule has 1 spiro atoms. The average molecular weight is 547 g/mol. The van der Waals surface area contributed by atoms with E-state index in [1.165, 1.54) is 30.5 Å². The van der Waals surface area contributed by atoms with Gasteiger partial charge in [0.2, 0.25) is 0 Å². The van der Waals surface area contributed by atoms with Crippen LogP contribution in [0.3, 0.4) is 0 Å². The van der Waals surface area contributed by atoms with E-state index in [9.17, 15) is 24.5 Å². The first-order chi connectivity index (χ1) is 18.9. The van der Waals surface area contributed by atoms with E-state index in [-0.39, 0.29) is 29.1 Å². The molecule has 0 bridgehead atoms. The Balaban J connectivity index is 1.41. The van der Waals surface area contributed by atoms with Crippen molar-refractivity contribution in [1.29, 1.82) is 0 Å². The summed E-state index contributed by atoms with van der Waals surface area (Å²) >= 11 is 0. The third kappa shape index (κ3) is 5.37. The first kappa shape index (κ1) is 26.9. The smallest absolute Gasteiger partial charge is 0.410 e. The second-order valence-electron chi connectivity index (χ2n) is 11.1. The Hall–Kier alpha value is -4.74. The highest BCUT2D eigenvalue weighted by Crippen LogP contribution is 2.40. The molecule has 3 amide bonds. The summed E-state index contributed by atoms with van der Waals surface area (Å²) in [5, 5.41) is 16.7. The molecule has 208 valence electrons. The Morgan fingerprint density at radius 1 is 1.20 bits per heavy atom. The fourth-order valence-corrected chi connectivity index (χ4v) is 5.22. The number of ether oxygens (including phenoxy) is 1. The van der Waals surface area contributed by atoms with Gasteiger partial charge < -0.3 is 25.3 Å². The van der Waals surface area contributed by atoms with Crippen LogP contribution < -0.4 is 10.6 Å². The van der Waals surface area contributed by atoms with Gasteiger partial charge in [0.25, 0.3) is 17.5 Å². The van der Waals surface area contributed by atoms with Crippen LogP contribution in [0.4, 0.5) is 16.3 Å². The summed E-state index contributed by atoms with van der Waals surface area (Å²) in [5.74, 6) is -0.498. The van der Waals surface area contributed by atoms with Crippen molar-refractivity contribution in [3.05, 3.63) is 75.6 Å². The van der Waals surface area contributed by atoms with Crippen LogP contribution in [0.5, 0.6) is 0 Å². The predicted molar refractivity (Wildman–Crippen MR) is 146 cm³/mol. The lowest BCUT2D eigenvalue weighted by atomic mass is 9.74. The fraction of sp³-hybridized carbons (Fsp3) is 0.357. The number of hydrogen-bond donors (Lipinski definition) is 3. The topological polar surface area (TPSA) is 160 Å². The summed E-state index contributed by atoms with van der Waals surface area (Å²) in [6, 6.07) is 10.6. The van der Waals surface area contributed by atoms with Crippen molar-refractivity contribution < 1.29 is 24.0 Å². The minimum atomic E-state index is -0.614. The van der Waals surface area contributed by atoms with Crippen molar-refractivity contribution in [3.63, 3.8) is 0 Å². The Kier molecular flexibility index (Phi) is 6.78. The van der Waals surface area contributed by atoms with Crippen LogP contribution in [0, 0.1) is 10.1 Å². The molecular weight excluding hydrogens is 516 g/mol. The minimum Gasteiger partial charge on any atom is -0.444 e. The molecule has 4 heterocycles. The SMILES string of the molecule is CC(C)(C)OC(=O)N1CCCC2(CNC(=O)c3cc(-c4ccnc(NC(=O)c5cccc([N+](=O)[O-])c5)c4)[nH]c32)C1. The third-order valence-electron chi connectivity index (χ3n) is 7.04. The number of carbonyl (C=O) groups excluding carboxylic acids is 3. The van der Waals surface area contributed by atoms with Crippen LogP contribution >= 0.6 is 0 Å². The van der Waals surface area contributed by atoms with Crippen LogP contribution in [0.25, 0.3) is 11.3 Å². The average Bonchev–Trinajstić information content (AvgIpc) is 3.38. The molecule has 3 aromatic rings. The normalized spacial score (nSPS) is 18.6. The van der Waals surface area contributed by atoms with E-state index in [2.05, 4.69) is 20.6 Å². The van der Waals surface area contributed by atoms with Crippen LogP contribution in [-0.4, -0.2) is 62.9 Å². The fourth-order valence-electron chi connectivity index (χ4n) is 5.22. The number of H-pyrrole nitrogens is 1. The van der Waals surface area contributed by atoms with Gasteiger partial charge in [0, 0.05) is 65.9 Å². The van der Waals surface area contributed by atoms with Gasteiger partial charge in [-0.05, 0) is 57.9 Å². The number of nitro groups is 1. The molecule has 1 atom stereocenters. The van der Waals surface area contributed by atoms with E-state index < -0.39 is 21.8 Å². The largest absolute Gasteiger partial charge is 0.444 e. The van der Waals surface area contributed by atoms with Crippen molar-refractivity contribution in [1.82, 2.24) is 20.2 Å². The highest BCUT2D eigenvalue weighted by Gasteiger charge is 2.46. The van der Waals surface area contributed by atoms with Gasteiger partial charge in [0.15, 0.2) is 0 Å². The standard InChI is InChI=1S/C28H30N6O6/c1-27(2,3)40-26(37)33-11-5-9-28(16-33)15-30-25(36)20-14-21(31-23(20)28)17-8-10-29-22(13-17)32-24(35)18-6-4-7-19(12-18)34(38)39/h4,6-8,10,12-14,31H,5,9,11,15-16H2,1-3H3,(H,30,36)(H,29,32,35). The molecule has 1 unspecified atom stereocenters. The number of rotatable bonds is 4. The number of likely N-dealkylation sites (tertiary alicyclic amines) is 1. The van der Waals surface area contributed by atoms with E-state index in [1.54, 1.807) is 23.1 Å². The molecule has 0 radical (unpaired) electrons. The molecule has 1 fully saturated rings. The van der Waals surface area contributed by atoms with Crippen LogP contribution in [0.1, 0.15) is 60.0 Å². The van der Waals surface area contributed by atoms with Gasteiger partial charge in [-0.3, -0.25) is 19.7 Å². The van der Waals surface area contributed by atoms with Gasteiger partial charge in [-0.2, -0.15) is 0 Å². The number of pyridine rings is 1. The number of hydrogen-bond acceptors (Lipinski definition) is 7. The van der Waals surface area contributed by atoms with Crippen LogP contribution in [-0.2, 0) is 10.2 Å². The van der Waals surface area contributed by atoms with E-state index in [4.69, 9.17) is 4.74 Å². The van der Waals surface area contributed by atoms with E-state index in [0.717, 1.165) is 18.5 Å². The van der Waals surface area contributed by atoms with Crippen LogP contribution in [0.15, 0.2) is 48.7 Å². The molecule has 12 heteroatoms. The maximum atomic E-state index is 12.9. The number of piperidine rings is 1. The third-order valence-corrected chi connectivity index (χ3v) is 7.04. The zero-order chi connectivity index (χ0) is 28.7. The molecule has 2 aromatic heterocycles. The van der Waals surface area contributed by atoms with E-state index >= 15 is 0 Å². The van der Waals surface area contributed by atoms with Gasteiger partial charge in [0.05, 0.1) is 10.5 Å². The molecule has 1 aromatic carbocycles. The second kappa shape index (κ2) is 10.1. The Bertz CT molecular complexity index is 1510. The molecule has 0 aliphatic carbocycles. The van der Waals surface area contributed by atoms with Gasteiger partial charge in [-0.15, -0.1) is 0 Å². The number of non-ortho nitro benzene ring substituents is 1. The predicted octanol–water partition coefficient (Wildman–Crippen LogP) is 4.25. The zero-order valence-corrected chi connectivity index (χ0v) is 22.4. The van der Waals surface area contributed by atoms with Gasteiger partial charge in [-0.25, -0.2) is 9.78 Å². The maximum Gasteiger partial charge on any atom is 0.410 e. The lowest BCUT2D eigenvalue weighted by molar-refractivity contribution is -0.384. The van der Waals surface area contributed by atoms with Crippen molar-refractivity contribution in [2.24, 2.45) is 0 Å². The molecule has 3 N–H and O–H groups in total. The molecule has 5 rings (SSSR count). The van der Waals surface area contributed by atoms with Crippen LogP contribution in [0.2, 0.25) is 0 Å². The molecule has 1 saturated heterocycles. The molecule has 2 aliphatic rings. The molecule has 12 nitrogen and oxygen atoms in total. The second-order valence-corrected chi connectivity index (χ2v) is 11.1. The summed E-state index contributed by atoms with van der Waals surface area (Å²) in [5.41, 5.74) is 1.43. The number of carbonyl (C=O) groups is 3. The zero-order valence-electron chi connectivity index (χ0n) is 22.4. The summed E-state index contributed by atoms with van der Waals surface area (Å²) in [7, 11) is 0. The summed E-state index contributed by atoms with van der Waals surface area (Å²) in [6.07, 6.45) is 2.68. The van der Waals surface area contributed by atoms with Crippen molar-refractivity contribution >= 4 is 29.4 Å². The van der Waals surface area contributed by atoms with E-state index in [1.807, 2.05) is 20.8 Å². The highest BCUT2D eigenvalue weighted by atomic mass is 16.6. The number of amides is 3. The first-order valence-electron chi connectivity index (χ1n) is 13.0. The Labute approximate surface area is 230 Å². The Morgan fingerprint density at radius 2 is 2.00 bits per heavy atom. The Morgan fingerprint density at radius 3 is 2.75 bits per heavy atom. The number of aromatic amines is 1. The lowest BCUT2D eigenvalue weighted by Crippen LogP contribution is -2.57. The minimum absolute atomic E-state index is 0.127. The number of nitrogens with one attached hydrogen (secondary N) is 3. The van der Waals surface area contributed by atoms with Gasteiger partial charge in [0.1, 0.15) is 11.4 Å². The lowest BCUT2D eigenvalue weighted by Gasteiger charge is -2.44. The summed E-state index contributed by atoms with van der Waals surface area (Å²) in [4.78, 5) is 58.3. The summed E-state index contributed by atoms with van der Waals surface area (Å²) < 4.78 is 5.60. The number of nitro benzene ring substituents is 1. The van der Waals surface area contributed by atoms with Gasteiger partial charge >= 0.3 is 6.09 Å². The first-order valence-corrected chi connectivity index (χ1v) is 13.0. The van der Waals surface area contributed by atoms with Crippen molar-refractivity contribution in [2.75, 3.05) is 25.0 Å². The summed E-state index contributed by atoms with van der Waals surface area (Å²) in [6.45, 7) is 6.85. The molecular formula is C28H30N6O6. The maximum absolute atomic E-state index is 12.9. The van der Waals surface area contributed by atoms with E-state index in [0.29, 0.717) is 36.5 Å². The quantitative estimate of drug-likeness (QED) is 0.326. The highest BCUT2D eigenvalue weighted by molar-refractivity contribution is 6.04. The molecule has 40 heavy (non-hydrogen) atoms. The molecule has 0 saturated carbocycles. The number of benzene rings is 1. The van der Waals surface area contributed by atoms with Crippen molar-refractivity contribution in [2.45, 2.75) is 44.6 Å². The monoisotopic (exact) mass is 546 g/mol. The number of fused-ring (bicyclic) bond motifs is 2. The van der Waals surface area contributed by atoms with Gasteiger partial charge in [-0.1, -0.05) is 6.07 Å². The number of nitrogens with zero attached hydrogens (tertiary/aromatic N) is 3. The number of anilines is 1. The van der Waals surface area contributed by atoms with Crippen molar-refractivity contribution in [3.8, 4) is 11.3 Å². The molecule has 2 aliphatic heterocycles. The number of aromatic nitrogens is 2.